The molecule has 1 saturated heterocycles. The summed E-state index contributed by atoms with van der Waals surface area (Å²) >= 11 is 6.10. The third-order valence-electron chi connectivity index (χ3n) is 4.33. The minimum absolute atomic E-state index is 0.413. The number of anilines is 2. The second kappa shape index (κ2) is 7.42. The van der Waals surface area contributed by atoms with Crippen molar-refractivity contribution in [2.24, 2.45) is 0 Å². The first kappa shape index (κ1) is 18.3. The fraction of sp³-hybridized carbons (Fsp3) is 0.333. The van der Waals surface area contributed by atoms with Gasteiger partial charge in [-0.25, -0.2) is 4.98 Å². The highest BCUT2D eigenvalue weighted by atomic mass is 35.5. The molecule has 136 valence electrons. The number of pyridine rings is 1. The van der Waals surface area contributed by atoms with Crippen LogP contribution >= 0.6 is 11.6 Å². The summed E-state index contributed by atoms with van der Waals surface area (Å²) in [4.78, 5) is 8.10. The fourth-order valence-electron chi connectivity index (χ4n) is 2.94. The molecule has 0 bridgehead atoms. The van der Waals surface area contributed by atoms with Gasteiger partial charge in [-0.05, 0) is 36.8 Å². The summed E-state index contributed by atoms with van der Waals surface area (Å²) in [5.74, 6) is 0.540. The van der Waals surface area contributed by atoms with Gasteiger partial charge in [-0.1, -0.05) is 11.6 Å². The number of hydrogen-bond acceptors (Lipinski definition) is 4. The van der Waals surface area contributed by atoms with E-state index < -0.39 is 11.7 Å². The molecule has 0 radical (unpaired) electrons. The van der Waals surface area contributed by atoms with Crippen LogP contribution in [0.5, 0.6) is 0 Å². The Labute approximate surface area is 154 Å². The molecule has 3 rings (SSSR count). The van der Waals surface area contributed by atoms with E-state index in [1.54, 1.807) is 12.1 Å². The summed E-state index contributed by atoms with van der Waals surface area (Å²) in [6.45, 7) is 2.82. The summed E-state index contributed by atoms with van der Waals surface area (Å²) < 4.78 is 38.0. The van der Waals surface area contributed by atoms with Gasteiger partial charge in [0.2, 0.25) is 0 Å². The molecule has 4 nitrogen and oxygen atoms in total. The highest BCUT2D eigenvalue weighted by Crippen LogP contribution is 2.30. The Morgan fingerprint density at radius 2 is 1.77 bits per heavy atom. The van der Waals surface area contributed by atoms with Crippen LogP contribution in [0.3, 0.4) is 0 Å². The lowest BCUT2D eigenvalue weighted by Gasteiger charge is -2.24. The molecule has 0 unspecified atom stereocenters. The van der Waals surface area contributed by atoms with Crippen molar-refractivity contribution < 1.29 is 13.2 Å². The number of rotatable bonds is 2. The first-order valence-electron chi connectivity index (χ1n) is 8.11. The summed E-state index contributed by atoms with van der Waals surface area (Å²) in [5, 5.41) is 9.38. The highest BCUT2D eigenvalue weighted by Gasteiger charge is 2.31. The standard InChI is InChI=1S/C18H16ClF3N4/c19-16-10-15(4-2-13(16)11-23)25-6-1-7-26(9-8-25)17-5-3-14(12-24-17)18(20,21)22/h2-5,10,12H,1,6-9H2. The van der Waals surface area contributed by atoms with Gasteiger partial charge in [0.15, 0.2) is 0 Å². The van der Waals surface area contributed by atoms with Gasteiger partial charge in [-0.2, -0.15) is 18.4 Å². The molecule has 2 heterocycles. The smallest absolute Gasteiger partial charge is 0.370 e. The predicted octanol–water partition coefficient (Wildman–Crippen LogP) is 4.34. The SMILES string of the molecule is N#Cc1ccc(N2CCCN(c3ccc(C(F)(F)F)cn3)CC2)cc1Cl. The van der Waals surface area contributed by atoms with E-state index in [2.05, 4.69) is 9.88 Å². The molecule has 1 aliphatic heterocycles. The molecule has 1 aliphatic rings. The molecule has 1 fully saturated rings. The third-order valence-corrected chi connectivity index (χ3v) is 4.65. The van der Waals surface area contributed by atoms with Crippen molar-refractivity contribution >= 4 is 23.1 Å². The lowest BCUT2D eigenvalue weighted by atomic mass is 10.2. The van der Waals surface area contributed by atoms with Crippen LogP contribution in [0.4, 0.5) is 24.7 Å². The molecule has 8 heteroatoms. The Morgan fingerprint density at radius 1 is 1.04 bits per heavy atom. The van der Waals surface area contributed by atoms with Crippen molar-refractivity contribution in [1.82, 2.24) is 4.98 Å². The molecule has 0 amide bonds. The lowest BCUT2D eigenvalue weighted by molar-refractivity contribution is -0.137. The molecule has 0 spiro atoms. The van der Waals surface area contributed by atoms with E-state index in [1.807, 2.05) is 17.0 Å². The molecule has 1 aromatic carbocycles. The van der Waals surface area contributed by atoms with Crippen LogP contribution in [-0.4, -0.2) is 31.2 Å². The van der Waals surface area contributed by atoms with Gasteiger partial charge in [-0.15, -0.1) is 0 Å². The molecule has 0 N–H and O–H groups in total. The first-order chi connectivity index (χ1) is 12.4. The Kier molecular flexibility index (Phi) is 5.23. The van der Waals surface area contributed by atoms with Crippen LogP contribution in [-0.2, 0) is 6.18 Å². The van der Waals surface area contributed by atoms with E-state index in [0.717, 1.165) is 30.9 Å². The Hall–Kier alpha value is -2.46. The predicted molar refractivity (Wildman–Crippen MR) is 94.4 cm³/mol. The average molecular weight is 381 g/mol. The zero-order valence-electron chi connectivity index (χ0n) is 13.8. The summed E-state index contributed by atoms with van der Waals surface area (Å²) in [7, 11) is 0. The zero-order chi connectivity index (χ0) is 18.7. The fourth-order valence-corrected chi connectivity index (χ4v) is 3.15. The van der Waals surface area contributed by atoms with Gasteiger partial charge < -0.3 is 9.80 Å². The molecule has 0 saturated carbocycles. The second-order valence-corrected chi connectivity index (χ2v) is 6.41. The minimum Gasteiger partial charge on any atom is -0.370 e. The topological polar surface area (TPSA) is 43.2 Å². The molecule has 0 aliphatic carbocycles. The third kappa shape index (κ3) is 4.02. The quantitative estimate of drug-likeness (QED) is 0.777. The van der Waals surface area contributed by atoms with Gasteiger partial charge in [0.05, 0.1) is 16.1 Å². The Morgan fingerprint density at radius 3 is 2.38 bits per heavy atom. The monoisotopic (exact) mass is 380 g/mol. The van der Waals surface area contributed by atoms with Gasteiger partial charge in [-0.3, -0.25) is 0 Å². The van der Waals surface area contributed by atoms with E-state index >= 15 is 0 Å². The van der Waals surface area contributed by atoms with Crippen LogP contribution in [0.2, 0.25) is 5.02 Å². The van der Waals surface area contributed by atoms with Crippen LogP contribution in [0, 0.1) is 11.3 Å². The average Bonchev–Trinajstić information content (AvgIpc) is 2.87. The number of hydrogen-bond donors (Lipinski definition) is 0. The highest BCUT2D eigenvalue weighted by molar-refractivity contribution is 6.32. The van der Waals surface area contributed by atoms with Gasteiger partial charge in [0.1, 0.15) is 11.9 Å². The van der Waals surface area contributed by atoms with Crippen molar-refractivity contribution in [3.05, 3.63) is 52.7 Å². The van der Waals surface area contributed by atoms with E-state index in [0.29, 0.717) is 36.0 Å². The van der Waals surface area contributed by atoms with E-state index in [9.17, 15) is 13.2 Å². The maximum absolute atomic E-state index is 12.7. The second-order valence-electron chi connectivity index (χ2n) is 6.01. The Bertz CT molecular complexity index is 815. The largest absolute Gasteiger partial charge is 0.417 e. The van der Waals surface area contributed by atoms with Crippen LogP contribution < -0.4 is 9.80 Å². The van der Waals surface area contributed by atoms with Crippen molar-refractivity contribution in [3.63, 3.8) is 0 Å². The number of nitriles is 1. The van der Waals surface area contributed by atoms with Crippen LogP contribution in [0.15, 0.2) is 36.5 Å². The Balaban J connectivity index is 1.70. The summed E-state index contributed by atoms with van der Waals surface area (Å²) in [6.07, 6.45) is -2.67. The van der Waals surface area contributed by atoms with E-state index in [1.165, 1.54) is 6.07 Å². The number of alkyl halides is 3. The molecule has 1 aromatic heterocycles. The maximum Gasteiger partial charge on any atom is 0.417 e. The summed E-state index contributed by atoms with van der Waals surface area (Å²) in [6, 6.07) is 9.83. The van der Waals surface area contributed by atoms with Gasteiger partial charge in [0, 0.05) is 38.1 Å². The van der Waals surface area contributed by atoms with Gasteiger partial charge >= 0.3 is 6.18 Å². The zero-order valence-corrected chi connectivity index (χ0v) is 14.6. The van der Waals surface area contributed by atoms with Crippen molar-refractivity contribution in [3.8, 4) is 6.07 Å². The molecular formula is C18H16ClF3N4. The lowest BCUT2D eigenvalue weighted by Crippen LogP contribution is -2.31. The molecular weight excluding hydrogens is 365 g/mol. The number of aromatic nitrogens is 1. The molecule has 26 heavy (non-hydrogen) atoms. The van der Waals surface area contributed by atoms with Crippen LogP contribution in [0.1, 0.15) is 17.5 Å². The number of benzene rings is 1. The van der Waals surface area contributed by atoms with Crippen molar-refractivity contribution in [1.29, 1.82) is 5.26 Å². The first-order valence-corrected chi connectivity index (χ1v) is 8.49. The van der Waals surface area contributed by atoms with E-state index in [4.69, 9.17) is 16.9 Å². The van der Waals surface area contributed by atoms with Crippen LogP contribution in [0.25, 0.3) is 0 Å². The van der Waals surface area contributed by atoms with E-state index in [-0.39, 0.29) is 0 Å². The number of halogens is 4. The van der Waals surface area contributed by atoms with Crippen molar-refractivity contribution in [2.45, 2.75) is 12.6 Å². The molecule has 2 aromatic rings. The summed E-state index contributed by atoms with van der Waals surface area (Å²) in [5.41, 5.74) is 0.613. The van der Waals surface area contributed by atoms with Crippen molar-refractivity contribution in [2.75, 3.05) is 36.0 Å². The minimum atomic E-state index is -4.38. The number of nitrogens with zero attached hydrogens (tertiary/aromatic N) is 4. The maximum atomic E-state index is 12.7. The normalized spacial score (nSPS) is 15.5. The van der Waals surface area contributed by atoms with Gasteiger partial charge in [0.25, 0.3) is 0 Å². The molecule has 0 atom stereocenters.